The van der Waals surface area contributed by atoms with E-state index >= 15 is 0 Å². The zero-order chi connectivity index (χ0) is 10.7. The van der Waals surface area contributed by atoms with Crippen LogP contribution in [-0.4, -0.2) is 10.1 Å². The van der Waals surface area contributed by atoms with Gasteiger partial charge in [-0.1, -0.05) is 25.1 Å². The zero-order valence-electron chi connectivity index (χ0n) is 8.64. The lowest BCUT2D eigenvalue weighted by atomic mass is 10.1. The number of aromatic nitrogens is 1. The fourth-order valence-corrected chi connectivity index (χ4v) is 1.56. The van der Waals surface area contributed by atoms with Crippen molar-refractivity contribution in [2.75, 3.05) is 0 Å². The molecular formula is C13H13NO. The van der Waals surface area contributed by atoms with Crippen molar-refractivity contribution in [2.45, 2.75) is 13.3 Å². The molecular weight excluding hydrogens is 186 g/mol. The normalized spacial score (nSPS) is 10.2. The Morgan fingerprint density at radius 3 is 2.80 bits per heavy atom. The van der Waals surface area contributed by atoms with E-state index < -0.39 is 0 Å². The molecule has 0 fully saturated rings. The van der Waals surface area contributed by atoms with Crippen LogP contribution in [0.2, 0.25) is 0 Å². The Bertz CT molecular complexity index is 466. The summed E-state index contributed by atoms with van der Waals surface area (Å²) in [7, 11) is 0. The van der Waals surface area contributed by atoms with Crippen molar-refractivity contribution in [3.8, 4) is 17.0 Å². The number of nitrogens with zero attached hydrogens (tertiary/aromatic N) is 1. The smallest absolute Gasteiger partial charge is 0.141 e. The predicted molar refractivity (Wildman–Crippen MR) is 60.7 cm³/mol. The van der Waals surface area contributed by atoms with Gasteiger partial charge < -0.3 is 5.11 Å². The maximum Gasteiger partial charge on any atom is 0.141 e. The Hall–Kier alpha value is -1.83. The third kappa shape index (κ3) is 1.99. The lowest BCUT2D eigenvalue weighted by Gasteiger charge is -2.04. The number of benzene rings is 1. The van der Waals surface area contributed by atoms with Crippen LogP contribution in [0.25, 0.3) is 11.3 Å². The van der Waals surface area contributed by atoms with E-state index in [0.717, 1.165) is 12.0 Å². The van der Waals surface area contributed by atoms with E-state index in [1.165, 1.54) is 5.56 Å². The third-order valence-corrected chi connectivity index (χ3v) is 2.40. The molecule has 2 aromatic rings. The summed E-state index contributed by atoms with van der Waals surface area (Å²) in [5.74, 6) is 0.228. The molecule has 1 heterocycles. The summed E-state index contributed by atoms with van der Waals surface area (Å²) in [5.41, 5.74) is 2.86. The summed E-state index contributed by atoms with van der Waals surface area (Å²) in [5, 5.41) is 9.67. The molecule has 0 saturated heterocycles. The van der Waals surface area contributed by atoms with Crippen LogP contribution in [0.3, 0.4) is 0 Å². The molecule has 1 aromatic heterocycles. The van der Waals surface area contributed by atoms with Gasteiger partial charge in [0, 0.05) is 11.8 Å². The Morgan fingerprint density at radius 1 is 1.20 bits per heavy atom. The molecule has 15 heavy (non-hydrogen) atoms. The first-order valence-electron chi connectivity index (χ1n) is 5.04. The van der Waals surface area contributed by atoms with Crippen LogP contribution in [0, 0.1) is 0 Å². The van der Waals surface area contributed by atoms with Crippen LogP contribution >= 0.6 is 0 Å². The molecule has 0 amide bonds. The van der Waals surface area contributed by atoms with Crippen molar-refractivity contribution in [3.05, 3.63) is 48.2 Å². The predicted octanol–water partition coefficient (Wildman–Crippen LogP) is 3.02. The molecule has 0 bridgehead atoms. The molecule has 2 rings (SSSR count). The first-order chi connectivity index (χ1) is 7.31. The SMILES string of the molecule is CCc1cccc(-c2ncccc2O)c1. The van der Waals surface area contributed by atoms with Gasteiger partial charge in [-0.25, -0.2) is 0 Å². The summed E-state index contributed by atoms with van der Waals surface area (Å²) in [6.07, 6.45) is 2.68. The van der Waals surface area contributed by atoms with Gasteiger partial charge in [0.25, 0.3) is 0 Å². The molecule has 76 valence electrons. The first kappa shape index (κ1) is 9.71. The topological polar surface area (TPSA) is 33.1 Å². The maximum absolute atomic E-state index is 9.67. The van der Waals surface area contributed by atoms with Crippen molar-refractivity contribution in [3.63, 3.8) is 0 Å². The van der Waals surface area contributed by atoms with Crippen molar-refractivity contribution in [2.24, 2.45) is 0 Å². The van der Waals surface area contributed by atoms with E-state index in [4.69, 9.17) is 0 Å². The number of aryl methyl sites for hydroxylation is 1. The van der Waals surface area contributed by atoms with Crippen LogP contribution in [0.1, 0.15) is 12.5 Å². The van der Waals surface area contributed by atoms with Gasteiger partial charge in [0.15, 0.2) is 0 Å². The summed E-state index contributed by atoms with van der Waals surface area (Å²) in [4.78, 5) is 4.17. The number of aromatic hydroxyl groups is 1. The number of hydrogen-bond acceptors (Lipinski definition) is 2. The van der Waals surface area contributed by atoms with Crippen molar-refractivity contribution in [1.29, 1.82) is 0 Å². The van der Waals surface area contributed by atoms with Gasteiger partial charge in [0.1, 0.15) is 11.4 Å². The van der Waals surface area contributed by atoms with E-state index in [1.54, 1.807) is 18.3 Å². The monoisotopic (exact) mass is 199 g/mol. The van der Waals surface area contributed by atoms with Gasteiger partial charge in [0.2, 0.25) is 0 Å². The van der Waals surface area contributed by atoms with Gasteiger partial charge >= 0.3 is 0 Å². The molecule has 0 atom stereocenters. The molecule has 1 aromatic carbocycles. The molecule has 0 unspecified atom stereocenters. The largest absolute Gasteiger partial charge is 0.506 e. The minimum Gasteiger partial charge on any atom is -0.506 e. The summed E-state index contributed by atoms with van der Waals surface area (Å²) in [6.45, 7) is 2.11. The van der Waals surface area contributed by atoms with E-state index in [-0.39, 0.29) is 5.75 Å². The van der Waals surface area contributed by atoms with E-state index in [2.05, 4.69) is 24.0 Å². The fraction of sp³-hybridized carbons (Fsp3) is 0.154. The summed E-state index contributed by atoms with van der Waals surface area (Å²) in [6, 6.07) is 11.5. The standard InChI is InChI=1S/C13H13NO/c1-2-10-5-3-6-11(9-10)13-12(15)7-4-8-14-13/h3-9,15H,2H2,1H3. The van der Waals surface area contributed by atoms with Gasteiger partial charge in [-0.05, 0) is 30.2 Å². The van der Waals surface area contributed by atoms with Gasteiger partial charge in [-0.15, -0.1) is 0 Å². The Labute approximate surface area is 89.2 Å². The summed E-state index contributed by atoms with van der Waals surface area (Å²) < 4.78 is 0. The molecule has 0 radical (unpaired) electrons. The second-order valence-corrected chi connectivity index (χ2v) is 3.43. The van der Waals surface area contributed by atoms with E-state index in [1.807, 2.05) is 12.1 Å². The molecule has 0 spiro atoms. The molecule has 0 aliphatic heterocycles. The van der Waals surface area contributed by atoms with E-state index in [9.17, 15) is 5.11 Å². The molecule has 1 N–H and O–H groups in total. The third-order valence-electron chi connectivity index (χ3n) is 2.40. The van der Waals surface area contributed by atoms with Crippen LogP contribution < -0.4 is 0 Å². The number of rotatable bonds is 2. The molecule has 0 saturated carbocycles. The first-order valence-corrected chi connectivity index (χ1v) is 5.04. The lowest BCUT2D eigenvalue weighted by Crippen LogP contribution is -1.86. The van der Waals surface area contributed by atoms with Crippen molar-refractivity contribution < 1.29 is 5.11 Å². The second kappa shape index (κ2) is 4.13. The second-order valence-electron chi connectivity index (χ2n) is 3.43. The van der Waals surface area contributed by atoms with Crippen LogP contribution in [0.4, 0.5) is 0 Å². The summed E-state index contributed by atoms with van der Waals surface area (Å²) >= 11 is 0. The van der Waals surface area contributed by atoms with E-state index in [0.29, 0.717) is 5.69 Å². The van der Waals surface area contributed by atoms with Crippen molar-refractivity contribution in [1.82, 2.24) is 4.98 Å². The average molecular weight is 199 g/mol. The highest BCUT2D eigenvalue weighted by atomic mass is 16.3. The number of hydrogen-bond donors (Lipinski definition) is 1. The molecule has 2 heteroatoms. The number of pyridine rings is 1. The lowest BCUT2D eigenvalue weighted by molar-refractivity contribution is 0.475. The molecule has 2 nitrogen and oxygen atoms in total. The van der Waals surface area contributed by atoms with Crippen molar-refractivity contribution >= 4 is 0 Å². The average Bonchev–Trinajstić information content (AvgIpc) is 2.30. The van der Waals surface area contributed by atoms with Gasteiger partial charge in [-0.3, -0.25) is 4.98 Å². The molecule has 0 aliphatic rings. The minimum atomic E-state index is 0.228. The van der Waals surface area contributed by atoms with Gasteiger partial charge in [0.05, 0.1) is 0 Å². The van der Waals surface area contributed by atoms with Crippen LogP contribution in [0.5, 0.6) is 5.75 Å². The maximum atomic E-state index is 9.67. The quantitative estimate of drug-likeness (QED) is 0.806. The van der Waals surface area contributed by atoms with Crippen LogP contribution in [0.15, 0.2) is 42.6 Å². The minimum absolute atomic E-state index is 0.228. The highest BCUT2D eigenvalue weighted by Crippen LogP contribution is 2.26. The highest BCUT2D eigenvalue weighted by Gasteiger charge is 2.04. The Morgan fingerprint density at radius 2 is 2.07 bits per heavy atom. The van der Waals surface area contributed by atoms with Crippen LogP contribution in [-0.2, 0) is 6.42 Å². The molecule has 0 aliphatic carbocycles. The van der Waals surface area contributed by atoms with Gasteiger partial charge in [-0.2, -0.15) is 0 Å². The Balaban J connectivity index is 2.49. The fourth-order valence-electron chi connectivity index (χ4n) is 1.56. The Kier molecular flexibility index (Phi) is 2.68. The zero-order valence-corrected chi connectivity index (χ0v) is 8.64. The highest BCUT2D eigenvalue weighted by molar-refractivity contribution is 5.66.